The summed E-state index contributed by atoms with van der Waals surface area (Å²) in [5, 5.41) is 8.63. The molecule has 1 heterocycles. The van der Waals surface area contributed by atoms with E-state index in [0.29, 0.717) is 10.0 Å². The second-order valence-electron chi connectivity index (χ2n) is 1.74. The minimum atomic E-state index is -0.0431. The molecule has 2 nitrogen and oxygen atoms in total. The van der Waals surface area contributed by atoms with Crippen LogP contribution in [0.1, 0.15) is 4.88 Å². The van der Waals surface area contributed by atoms with Gasteiger partial charge in [-0.25, -0.2) is 4.98 Å². The van der Waals surface area contributed by atoms with Crippen LogP contribution in [0.3, 0.4) is 0 Å². The van der Waals surface area contributed by atoms with Crippen LogP contribution in [0.4, 0.5) is 0 Å². The topological polar surface area (TPSA) is 33.1 Å². The normalized spacial score (nSPS) is 9.80. The Morgan fingerprint density at radius 2 is 2.60 bits per heavy atom. The fraction of sp³-hybridized carbons (Fsp3) is 0.167. The average molecular weight is 176 g/mol. The number of rotatable bonds is 2. The van der Waals surface area contributed by atoms with E-state index in [1.54, 1.807) is 6.20 Å². The zero-order valence-electron chi connectivity index (χ0n) is 5.17. The first-order valence-corrected chi connectivity index (χ1v) is 3.84. The van der Waals surface area contributed by atoms with Crippen LogP contribution in [0.15, 0.2) is 12.8 Å². The standard InChI is InChI=1S/C6H6ClNOS/c1-4(3-9)5-2-8-6(7)10-5/h2,9H,1,3H2. The van der Waals surface area contributed by atoms with Crippen LogP contribution in [0, 0.1) is 0 Å². The first-order chi connectivity index (χ1) is 4.74. The fourth-order valence-electron chi connectivity index (χ4n) is 0.494. The van der Waals surface area contributed by atoms with Gasteiger partial charge in [0.1, 0.15) is 0 Å². The summed E-state index contributed by atoms with van der Waals surface area (Å²) in [7, 11) is 0. The highest BCUT2D eigenvalue weighted by atomic mass is 35.5. The first-order valence-electron chi connectivity index (χ1n) is 2.64. The minimum Gasteiger partial charge on any atom is -0.392 e. The van der Waals surface area contributed by atoms with E-state index in [1.165, 1.54) is 11.3 Å². The van der Waals surface area contributed by atoms with E-state index in [0.717, 1.165) is 4.88 Å². The summed E-state index contributed by atoms with van der Waals surface area (Å²) >= 11 is 6.86. The fourth-order valence-corrected chi connectivity index (χ4v) is 1.39. The van der Waals surface area contributed by atoms with Gasteiger partial charge in [0.25, 0.3) is 0 Å². The molecule has 1 aromatic rings. The molecule has 0 radical (unpaired) electrons. The lowest BCUT2D eigenvalue weighted by Gasteiger charge is -1.91. The quantitative estimate of drug-likeness (QED) is 0.744. The maximum absolute atomic E-state index is 8.63. The summed E-state index contributed by atoms with van der Waals surface area (Å²) in [4.78, 5) is 4.64. The van der Waals surface area contributed by atoms with Gasteiger partial charge in [-0.2, -0.15) is 0 Å². The number of halogens is 1. The third-order valence-electron chi connectivity index (χ3n) is 1.02. The number of nitrogens with zero attached hydrogens (tertiary/aromatic N) is 1. The van der Waals surface area contributed by atoms with Gasteiger partial charge in [0, 0.05) is 6.20 Å². The number of thiazole rings is 1. The molecular weight excluding hydrogens is 170 g/mol. The summed E-state index contributed by atoms with van der Waals surface area (Å²) in [6.45, 7) is 3.58. The monoisotopic (exact) mass is 175 g/mol. The van der Waals surface area contributed by atoms with Gasteiger partial charge < -0.3 is 5.11 Å². The van der Waals surface area contributed by atoms with Gasteiger partial charge in [0.05, 0.1) is 11.5 Å². The molecule has 1 aromatic heterocycles. The third-order valence-corrected chi connectivity index (χ3v) is 2.23. The van der Waals surface area contributed by atoms with Crippen LogP contribution in [-0.2, 0) is 0 Å². The molecule has 0 aliphatic rings. The maximum Gasteiger partial charge on any atom is 0.184 e. The van der Waals surface area contributed by atoms with Gasteiger partial charge in [-0.05, 0) is 5.57 Å². The highest BCUT2D eigenvalue weighted by molar-refractivity contribution is 7.16. The lowest BCUT2D eigenvalue weighted by atomic mass is 10.3. The molecular formula is C6H6ClNOS. The van der Waals surface area contributed by atoms with E-state index in [9.17, 15) is 0 Å². The zero-order valence-corrected chi connectivity index (χ0v) is 6.74. The Hall–Kier alpha value is -0.380. The van der Waals surface area contributed by atoms with E-state index < -0.39 is 0 Å². The Labute approximate surface area is 67.8 Å². The van der Waals surface area contributed by atoms with Crippen LogP contribution in [0.5, 0.6) is 0 Å². The van der Waals surface area contributed by atoms with Crippen molar-refractivity contribution in [2.45, 2.75) is 0 Å². The summed E-state index contributed by atoms with van der Waals surface area (Å²) in [5.74, 6) is 0. The summed E-state index contributed by atoms with van der Waals surface area (Å²) < 4.78 is 0.476. The summed E-state index contributed by atoms with van der Waals surface area (Å²) in [5.41, 5.74) is 0.657. The molecule has 0 atom stereocenters. The van der Waals surface area contributed by atoms with Crippen LogP contribution in [-0.4, -0.2) is 16.7 Å². The SMILES string of the molecule is C=C(CO)c1cnc(Cl)s1. The van der Waals surface area contributed by atoms with Gasteiger partial charge in [-0.1, -0.05) is 18.2 Å². The largest absolute Gasteiger partial charge is 0.392 e. The van der Waals surface area contributed by atoms with Gasteiger partial charge in [-0.3, -0.25) is 0 Å². The van der Waals surface area contributed by atoms with Gasteiger partial charge in [0.2, 0.25) is 0 Å². The maximum atomic E-state index is 8.63. The molecule has 54 valence electrons. The predicted octanol–water partition coefficient (Wildman–Crippen LogP) is 1.80. The predicted molar refractivity (Wildman–Crippen MR) is 43.2 cm³/mol. The summed E-state index contributed by atoms with van der Waals surface area (Å²) in [6, 6.07) is 0. The lowest BCUT2D eigenvalue weighted by Crippen LogP contribution is -1.82. The number of aromatic nitrogens is 1. The molecule has 1 rings (SSSR count). The molecule has 0 unspecified atom stereocenters. The van der Waals surface area contributed by atoms with E-state index >= 15 is 0 Å². The second kappa shape index (κ2) is 3.14. The van der Waals surface area contributed by atoms with Gasteiger partial charge in [0.15, 0.2) is 4.47 Å². The molecule has 0 saturated carbocycles. The van der Waals surface area contributed by atoms with Crippen molar-refractivity contribution in [3.05, 3.63) is 22.1 Å². The molecule has 10 heavy (non-hydrogen) atoms. The molecule has 1 N–H and O–H groups in total. The smallest absolute Gasteiger partial charge is 0.184 e. The molecule has 0 fully saturated rings. The molecule has 0 bridgehead atoms. The highest BCUT2D eigenvalue weighted by Gasteiger charge is 2.01. The van der Waals surface area contributed by atoms with Crippen LogP contribution < -0.4 is 0 Å². The Morgan fingerprint density at radius 3 is 3.00 bits per heavy atom. The van der Waals surface area contributed by atoms with Crippen molar-refractivity contribution < 1.29 is 5.11 Å². The average Bonchev–Trinajstić information content (AvgIpc) is 2.34. The lowest BCUT2D eigenvalue weighted by molar-refractivity contribution is 0.350. The molecule has 0 aliphatic heterocycles. The minimum absolute atomic E-state index is 0.0431. The second-order valence-corrected chi connectivity index (χ2v) is 3.35. The van der Waals surface area contributed by atoms with E-state index in [1.807, 2.05) is 0 Å². The number of aliphatic hydroxyl groups excluding tert-OH is 1. The van der Waals surface area contributed by atoms with Crippen LogP contribution in [0.2, 0.25) is 4.47 Å². The van der Waals surface area contributed by atoms with Crippen molar-refractivity contribution in [2.75, 3.05) is 6.61 Å². The van der Waals surface area contributed by atoms with E-state index in [4.69, 9.17) is 16.7 Å². The molecule has 0 amide bonds. The Morgan fingerprint density at radius 1 is 1.90 bits per heavy atom. The number of hydrogen-bond acceptors (Lipinski definition) is 3. The third kappa shape index (κ3) is 1.56. The molecule has 4 heteroatoms. The highest BCUT2D eigenvalue weighted by Crippen LogP contribution is 2.23. The van der Waals surface area contributed by atoms with Crippen molar-refractivity contribution in [1.29, 1.82) is 0 Å². The van der Waals surface area contributed by atoms with Crippen molar-refractivity contribution in [3.63, 3.8) is 0 Å². The Bertz CT molecular complexity index is 246. The Kier molecular flexibility index (Phi) is 2.43. The summed E-state index contributed by atoms with van der Waals surface area (Å²) in [6.07, 6.45) is 1.60. The number of aliphatic hydroxyl groups is 1. The van der Waals surface area contributed by atoms with Crippen molar-refractivity contribution in [3.8, 4) is 0 Å². The molecule has 0 saturated heterocycles. The first kappa shape index (κ1) is 7.72. The van der Waals surface area contributed by atoms with E-state index in [2.05, 4.69) is 11.6 Å². The zero-order chi connectivity index (χ0) is 7.56. The van der Waals surface area contributed by atoms with Crippen molar-refractivity contribution >= 4 is 28.5 Å². The molecule has 0 aliphatic carbocycles. The van der Waals surface area contributed by atoms with Crippen LogP contribution >= 0.6 is 22.9 Å². The van der Waals surface area contributed by atoms with Crippen LogP contribution in [0.25, 0.3) is 5.57 Å². The van der Waals surface area contributed by atoms with Gasteiger partial charge in [-0.15, -0.1) is 11.3 Å². The number of hydrogen-bond donors (Lipinski definition) is 1. The molecule has 0 spiro atoms. The van der Waals surface area contributed by atoms with Crippen molar-refractivity contribution in [2.24, 2.45) is 0 Å². The Balaban J connectivity index is 2.85. The molecule has 0 aromatic carbocycles. The van der Waals surface area contributed by atoms with Crippen molar-refractivity contribution in [1.82, 2.24) is 4.98 Å². The van der Waals surface area contributed by atoms with Gasteiger partial charge >= 0.3 is 0 Å². The van der Waals surface area contributed by atoms with E-state index in [-0.39, 0.29) is 6.61 Å².